The van der Waals surface area contributed by atoms with Gasteiger partial charge < -0.3 is 15.6 Å². The fourth-order valence-electron chi connectivity index (χ4n) is 4.82. The fraction of sp³-hybridized carbons (Fsp3) is 0.935. The average molecular weight is 511 g/mol. The minimum absolute atomic E-state index is 0.00186. The highest BCUT2D eigenvalue weighted by Crippen LogP contribution is 2.14. The smallest absolute Gasteiger partial charge is 0.225 e. The monoisotopic (exact) mass is 510 g/mol. The molecule has 0 heterocycles. The predicted molar refractivity (Wildman–Crippen MR) is 155 cm³/mol. The molecular formula is C31H62N2O3. The van der Waals surface area contributed by atoms with Crippen LogP contribution in [0.25, 0.3) is 0 Å². The summed E-state index contributed by atoms with van der Waals surface area (Å²) < 4.78 is 0. The Hall–Kier alpha value is -1.10. The van der Waals surface area contributed by atoms with Gasteiger partial charge in [0.05, 0.1) is 0 Å². The van der Waals surface area contributed by atoms with Crippen molar-refractivity contribution < 1.29 is 15.1 Å². The molecule has 0 aliphatic rings. The van der Waals surface area contributed by atoms with Crippen LogP contribution in [0.4, 0.5) is 0 Å². The molecule has 0 aromatic heterocycles. The van der Waals surface area contributed by atoms with E-state index in [9.17, 15) is 15.1 Å². The summed E-state index contributed by atoms with van der Waals surface area (Å²) >= 11 is 0. The molecule has 36 heavy (non-hydrogen) atoms. The Labute approximate surface area is 224 Å². The van der Waals surface area contributed by atoms with Crippen LogP contribution in [0, 0.1) is 0 Å². The normalized spacial score (nSPS) is 12.7. The van der Waals surface area contributed by atoms with Crippen LogP contribution >= 0.6 is 0 Å². The molecule has 0 aromatic rings. The number of carbonyl (C=O) groups is 1. The summed E-state index contributed by atoms with van der Waals surface area (Å²) in [5.41, 5.74) is 0. The molecule has 0 saturated carbocycles. The van der Waals surface area contributed by atoms with Gasteiger partial charge in [-0.1, -0.05) is 167 Å². The van der Waals surface area contributed by atoms with Crippen LogP contribution in [-0.4, -0.2) is 28.2 Å². The summed E-state index contributed by atoms with van der Waals surface area (Å²) in [4.78, 5) is 12.2. The van der Waals surface area contributed by atoms with Crippen molar-refractivity contribution in [2.75, 3.05) is 0 Å². The third-order valence-electron chi connectivity index (χ3n) is 7.28. The second kappa shape index (κ2) is 28.5. The van der Waals surface area contributed by atoms with E-state index in [-0.39, 0.29) is 11.7 Å². The quantitative estimate of drug-likeness (QED) is 0.0338. The van der Waals surface area contributed by atoms with Gasteiger partial charge in [0.15, 0.2) is 5.84 Å². The van der Waals surface area contributed by atoms with Gasteiger partial charge in [-0.25, -0.2) is 0 Å². The van der Waals surface area contributed by atoms with E-state index < -0.39 is 6.10 Å². The van der Waals surface area contributed by atoms with Gasteiger partial charge in [0.2, 0.25) is 5.91 Å². The zero-order valence-electron chi connectivity index (χ0n) is 24.2. The van der Waals surface area contributed by atoms with Gasteiger partial charge in [-0.2, -0.15) is 0 Å². The molecule has 0 aromatic carbocycles. The maximum absolute atomic E-state index is 12.2. The lowest BCUT2D eigenvalue weighted by molar-refractivity contribution is -0.120. The van der Waals surface area contributed by atoms with Crippen molar-refractivity contribution >= 4 is 11.7 Å². The Morgan fingerprint density at radius 2 is 0.917 bits per heavy atom. The summed E-state index contributed by atoms with van der Waals surface area (Å²) in [6, 6.07) is 0. The van der Waals surface area contributed by atoms with Crippen LogP contribution in [0.2, 0.25) is 0 Å². The number of amidine groups is 1. The third-order valence-corrected chi connectivity index (χ3v) is 7.28. The van der Waals surface area contributed by atoms with Crippen LogP contribution in [0.15, 0.2) is 5.16 Å². The van der Waals surface area contributed by atoms with Crippen molar-refractivity contribution in [3.05, 3.63) is 0 Å². The lowest BCUT2D eigenvalue weighted by Gasteiger charge is -2.13. The Bertz CT molecular complexity index is 496. The molecule has 0 aliphatic carbocycles. The van der Waals surface area contributed by atoms with Gasteiger partial charge in [0, 0.05) is 6.42 Å². The van der Waals surface area contributed by atoms with Gasteiger partial charge in [-0.3, -0.25) is 4.79 Å². The van der Waals surface area contributed by atoms with Crippen LogP contribution in [-0.2, 0) is 4.79 Å². The second-order valence-corrected chi connectivity index (χ2v) is 10.9. The minimum atomic E-state index is -0.899. The molecule has 214 valence electrons. The third kappa shape index (κ3) is 24.6. The maximum Gasteiger partial charge on any atom is 0.225 e. The highest BCUT2D eigenvalue weighted by Gasteiger charge is 2.16. The summed E-state index contributed by atoms with van der Waals surface area (Å²) in [5, 5.41) is 25.3. The Morgan fingerprint density at radius 1 is 0.583 bits per heavy atom. The number of carbonyl (C=O) groups excluding carboxylic acids is 1. The van der Waals surface area contributed by atoms with Crippen molar-refractivity contribution in [2.45, 2.75) is 187 Å². The predicted octanol–water partition coefficient (Wildman–Crippen LogP) is 9.43. The van der Waals surface area contributed by atoms with E-state index in [1.807, 2.05) is 0 Å². The molecule has 0 saturated heterocycles. The molecule has 0 bridgehead atoms. The number of unbranched alkanes of at least 4 members (excludes halogenated alkanes) is 22. The first kappa shape index (κ1) is 34.9. The Balaban J connectivity index is 3.59. The van der Waals surface area contributed by atoms with Gasteiger partial charge in [-0.15, -0.1) is 0 Å². The topological polar surface area (TPSA) is 81.9 Å². The van der Waals surface area contributed by atoms with Gasteiger partial charge in [-0.05, 0) is 12.8 Å². The van der Waals surface area contributed by atoms with Crippen LogP contribution in [0.1, 0.15) is 181 Å². The number of aliphatic hydroxyl groups excluding tert-OH is 1. The van der Waals surface area contributed by atoms with E-state index in [2.05, 4.69) is 24.3 Å². The van der Waals surface area contributed by atoms with Crippen LogP contribution in [0.3, 0.4) is 0 Å². The van der Waals surface area contributed by atoms with Gasteiger partial charge >= 0.3 is 0 Å². The number of rotatable bonds is 27. The van der Waals surface area contributed by atoms with Crippen molar-refractivity contribution in [3.63, 3.8) is 0 Å². The fourth-order valence-corrected chi connectivity index (χ4v) is 4.82. The molecule has 1 atom stereocenters. The summed E-state index contributed by atoms with van der Waals surface area (Å²) in [6.07, 6.45) is 30.4. The Morgan fingerprint density at radius 3 is 1.28 bits per heavy atom. The highest BCUT2D eigenvalue weighted by atomic mass is 16.4. The summed E-state index contributed by atoms with van der Waals surface area (Å²) in [7, 11) is 0. The first-order valence-corrected chi connectivity index (χ1v) is 15.9. The number of nitrogens with one attached hydrogen (secondary N) is 1. The number of hydrogen-bond acceptors (Lipinski definition) is 4. The molecule has 3 N–H and O–H groups in total. The lowest BCUT2D eigenvalue weighted by atomic mass is 10.0. The lowest BCUT2D eigenvalue weighted by Crippen LogP contribution is -2.38. The maximum atomic E-state index is 12.2. The van der Waals surface area contributed by atoms with E-state index in [1.54, 1.807) is 0 Å². The van der Waals surface area contributed by atoms with Crippen LogP contribution in [0.5, 0.6) is 0 Å². The zero-order valence-corrected chi connectivity index (χ0v) is 24.2. The molecule has 5 nitrogen and oxygen atoms in total. The van der Waals surface area contributed by atoms with Gasteiger partial charge in [0.25, 0.3) is 0 Å². The minimum Gasteiger partial charge on any atom is -0.409 e. The molecule has 0 aliphatic heterocycles. The molecule has 5 heteroatoms. The molecule has 0 radical (unpaired) electrons. The summed E-state index contributed by atoms with van der Waals surface area (Å²) in [6.45, 7) is 4.51. The number of amides is 1. The number of aliphatic hydroxyl groups is 1. The Kier molecular flexibility index (Phi) is 27.6. The molecule has 1 amide bonds. The average Bonchev–Trinajstić information content (AvgIpc) is 2.88. The first-order chi connectivity index (χ1) is 17.7. The molecule has 0 spiro atoms. The van der Waals surface area contributed by atoms with E-state index in [4.69, 9.17) is 0 Å². The van der Waals surface area contributed by atoms with Crippen molar-refractivity contribution in [3.8, 4) is 0 Å². The van der Waals surface area contributed by atoms with Crippen LogP contribution < -0.4 is 5.32 Å². The van der Waals surface area contributed by atoms with Crippen molar-refractivity contribution in [2.24, 2.45) is 5.16 Å². The van der Waals surface area contributed by atoms with E-state index in [0.29, 0.717) is 12.8 Å². The SMILES string of the molecule is CCCCCCCCCCCCCCCC(O)/C(=N/O)NC(=O)CCCCCCCCCCCCC. The molecule has 1 unspecified atom stereocenters. The number of nitrogens with zero attached hydrogens (tertiary/aromatic N) is 1. The summed E-state index contributed by atoms with van der Waals surface area (Å²) in [5.74, 6) is -0.162. The second-order valence-electron chi connectivity index (χ2n) is 10.9. The van der Waals surface area contributed by atoms with Crippen molar-refractivity contribution in [1.29, 1.82) is 0 Å². The molecule has 0 rings (SSSR count). The molecular weight excluding hydrogens is 448 g/mol. The number of hydrogen-bond donors (Lipinski definition) is 3. The van der Waals surface area contributed by atoms with Gasteiger partial charge in [0.1, 0.15) is 6.10 Å². The largest absolute Gasteiger partial charge is 0.409 e. The highest BCUT2D eigenvalue weighted by molar-refractivity contribution is 6.00. The van der Waals surface area contributed by atoms with E-state index in [1.165, 1.54) is 128 Å². The van der Waals surface area contributed by atoms with Crippen molar-refractivity contribution in [1.82, 2.24) is 5.32 Å². The van der Waals surface area contributed by atoms with E-state index >= 15 is 0 Å². The zero-order chi connectivity index (χ0) is 26.5. The number of oxime groups is 1. The molecule has 0 fully saturated rings. The first-order valence-electron chi connectivity index (χ1n) is 15.9. The van der Waals surface area contributed by atoms with E-state index in [0.717, 1.165) is 25.7 Å². The standard InChI is InChI=1S/C31H62N2O3/c1-3-5-7-9-11-13-15-16-18-19-21-23-25-27-29(34)31(33-36)32-30(35)28-26-24-22-20-17-14-12-10-8-6-4-2/h29,34,36H,3-28H2,1-2H3,(H,32,33,35).